The maximum absolute atomic E-state index is 12.7. The summed E-state index contributed by atoms with van der Waals surface area (Å²) < 4.78 is 38.0. The zero-order chi connectivity index (χ0) is 18.7. The highest BCUT2D eigenvalue weighted by Gasteiger charge is 2.34. The largest absolute Gasteiger partial charge is 0.416 e. The van der Waals surface area contributed by atoms with Gasteiger partial charge in [-0.25, -0.2) is 0 Å². The van der Waals surface area contributed by atoms with E-state index in [2.05, 4.69) is 0 Å². The number of nitrogens with two attached hydrogens (primary N) is 1. The van der Waals surface area contributed by atoms with Crippen LogP contribution in [0.15, 0.2) is 54.6 Å². The Morgan fingerprint density at radius 1 is 1.07 bits per heavy atom. The van der Waals surface area contributed by atoms with Gasteiger partial charge in [-0.1, -0.05) is 42.5 Å². The molecule has 0 bridgehead atoms. The van der Waals surface area contributed by atoms with Crippen molar-refractivity contribution < 1.29 is 18.0 Å². The Morgan fingerprint density at radius 2 is 1.67 bits per heavy atom. The van der Waals surface area contributed by atoms with E-state index in [4.69, 9.17) is 5.73 Å². The average Bonchev–Trinajstić information content (AvgIpc) is 3.45. The highest BCUT2D eigenvalue weighted by Crippen LogP contribution is 2.32. The first kappa shape index (κ1) is 21.3. The SMILES string of the molecule is Cl.NC(CC(=O)N(Cc1ccc(C(F)(F)F)cc1)C1CC1)c1ccccc1. The summed E-state index contributed by atoms with van der Waals surface area (Å²) in [6, 6.07) is 14.2. The van der Waals surface area contributed by atoms with Crippen LogP contribution in [0, 0.1) is 0 Å². The van der Waals surface area contributed by atoms with Crippen molar-refractivity contribution in [2.24, 2.45) is 5.73 Å². The molecule has 146 valence electrons. The third-order valence-electron chi connectivity index (χ3n) is 4.56. The molecule has 1 atom stereocenters. The Hall–Kier alpha value is -2.05. The molecular formula is C20H22ClF3N2O. The van der Waals surface area contributed by atoms with Crippen LogP contribution in [0.25, 0.3) is 0 Å². The number of hydrogen-bond donors (Lipinski definition) is 1. The number of alkyl halides is 3. The predicted octanol–water partition coefficient (Wildman–Crippen LogP) is 4.71. The molecule has 2 N–H and O–H groups in total. The molecule has 1 aliphatic carbocycles. The van der Waals surface area contributed by atoms with Gasteiger partial charge in [-0.3, -0.25) is 4.79 Å². The van der Waals surface area contributed by atoms with E-state index in [9.17, 15) is 18.0 Å². The van der Waals surface area contributed by atoms with Gasteiger partial charge in [0.2, 0.25) is 5.91 Å². The molecule has 1 unspecified atom stereocenters. The van der Waals surface area contributed by atoms with Crippen LogP contribution in [0.5, 0.6) is 0 Å². The molecule has 0 heterocycles. The molecule has 3 nitrogen and oxygen atoms in total. The number of hydrogen-bond acceptors (Lipinski definition) is 2. The lowest BCUT2D eigenvalue weighted by molar-refractivity contribution is -0.137. The summed E-state index contributed by atoms with van der Waals surface area (Å²) in [6.07, 6.45) is -2.33. The van der Waals surface area contributed by atoms with E-state index in [1.807, 2.05) is 30.3 Å². The molecule has 2 aromatic rings. The van der Waals surface area contributed by atoms with Crippen molar-refractivity contribution in [1.82, 2.24) is 4.90 Å². The van der Waals surface area contributed by atoms with Crippen molar-refractivity contribution >= 4 is 18.3 Å². The fraction of sp³-hybridized carbons (Fsp3) is 0.350. The van der Waals surface area contributed by atoms with Crippen molar-refractivity contribution in [3.63, 3.8) is 0 Å². The number of nitrogens with zero attached hydrogens (tertiary/aromatic N) is 1. The van der Waals surface area contributed by atoms with Crippen molar-refractivity contribution in [2.75, 3.05) is 0 Å². The van der Waals surface area contributed by atoms with Gasteiger partial charge in [-0.15, -0.1) is 12.4 Å². The Kier molecular flexibility index (Phi) is 6.89. The van der Waals surface area contributed by atoms with Crippen molar-refractivity contribution in [3.8, 4) is 0 Å². The van der Waals surface area contributed by atoms with Gasteiger partial charge >= 0.3 is 6.18 Å². The van der Waals surface area contributed by atoms with Crippen molar-refractivity contribution in [3.05, 3.63) is 71.3 Å². The van der Waals surface area contributed by atoms with Gasteiger partial charge in [0.15, 0.2) is 0 Å². The lowest BCUT2D eigenvalue weighted by atomic mass is 10.0. The zero-order valence-electron chi connectivity index (χ0n) is 14.7. The smallest absolute Gasteiger partial charge is 0.335 e. The van der Waals surface area contributed by atoms with Crippen LogP contribution in [-0.2, 0) is 17.5 Å². The fourth-order valence-corrected chi connectivity index (χ4v) is 2.93. The number of amides is 1. The first-order valence-corrected chi connectivity index (χ1v) is 8.61. The third kappa shape index (κ3) is 5.71. The first-order valence-electron chi connectivity index (χ1n) is 8.61. The van der Waals surface area contributed by atoms with Gasteiger partial charge in [0, 0.05) is 25.0 Å². The maximum Gasteiger partial charge on any atom is 0.416 e. The monoisotopic (exact) mass is 398 g/mol. The second kappa shape index (κ2) is 8.76. The molecule has 0 radical (unpaired) electrons. The predicted molar refractivity (Wildman–Crippen MR) is 100 cm³/mol. The van der Waals surface area contributed by atoms with Gasteiger partial charge in [-0.05, 0) is 36.1 Å². The summed E-state index contributed by atoms with van der Waals surface area (Å²) in [7, 11) is 0. The summed E-state index contributed by atoms with van der Waals surface area (Å²) in [6.45, 7) is 0.309. The lowest BCUT2D eigenvalue weighted by Gasteiger charge is -2.24. The second-order valence-corrected chi connectivity index (χ2v) is 6.67. The van der Waals surface area contributed by atoms with Crippen LogP contribution in [0.4, 0.5) is 13.2 Å². The van der Waals surface area contributed by atoms with E-state index in [1.54, 1.807) is 4.90 Å². The molecule has 1 aliphatic rings. The molecule has 27 heavy (non-hydrogen) atoms. The molecule has 3 rings (SSSR count). The average molecular weight is 399 g/mol. The van der Waals surface area contributed by atoms with Crippen LogP contribution < -0.4 is 5.73 Å². The van der Waals surface area contributed by atoms with Crippen LogP contribution in [0.3, 0.4) is 0 Å². The zero-order valence-corrected chi connectivity index (χ0v) is 15.5. The van der Waals surface area contributed by atoms with Crippen LogP contribution in [0.2, 0.25) is 0 Å². The molecule has 1 saturated carbocycles. The highest BCUT2D eigenvalue weighted by molar-refractivity contribution is 5.85. The third-order valence-corrected chi connectivity index (χ3v) is 4.56. The van der Waals surface area contributed by atoms with Gasteiger partial charge in [0.05, 0.1) is 5.56 Å². The van der Waals surface area contributed by atoms with Crippen LogP contribution in [0.1, 0.15) is 42.0 Å². The summed E-state index contributed by atoms with van der Waals surface area (Å²) in [4.78, 5) is 14.4. The Bertz CT molecular complexity index is 746. The van der Waals surface area contributed by atoms with Crippen LogP contribution >= 0.6 is 12.4 Å². The summed E-state index contributed by atoms with van der Waals surface area (Å²) in [5.74, 6) is -0.0660. The highest BCUT2D eigenvalue weighted by atomic mass is 35.5. The minimum atomic E-state index is -4.35. The van der Waals surface area contributed by atoms with Gasteiger partial charge in [-0.2, -0.15) is 13.2 Å². The molecule has 0 aromatic heterocycles. The molecular weight excluding hydrogens is 377 g/mol. The number of halogens is 4. The van der Waals surface area contributed by atoms with Gasteiger partial charge < -0.3 is 10.6 Å². The molecule has 0 aliphatic heterocycles. The summed E-state index contributed by atoms with van der Waals surface area (Å²) in [5.41, 5.74) is 7.04. The van der Waals surface area contributed by atoms with Gasteiger partial charge in [0.25, 0.3) is 0 Å². The van der Waals surface area contributed by atoms with Crippen LogP contribution in [-0.4, -0.2) is 16.8 Å². The van der Waals surface area contributed by atoms with E-state index in [0.29, 0.717) is 12.1 Å². The fourth-order valence-electron chi connectivity index (χ4n) is 2.93. The second-order valence-electron chi connectivity index (χ2n) is 6.67. The quantitative estimate of drug-likeness (QED) is 0.766. The Labute approximate surface area is 162 Å². The topological polar surface area (TPSA) is 46.3 Å². The van der Waals surface area contributed by atoms with E-state index in [0.717, 1.165) is 30.5 Å². The van der Waals surface area contributed by atoms with Crippen molar-refractivity contribution in [2.45, 2.75) is 44.1 Å². The molecule has 0 saturated heterocycles. The Balaban J connectivity index is 0.00000261. The molecule has 0 spiro atoms. The number of benzene rings is 2. The van der Waals surface area contributed by atoms with E-state index in [-0.39, 0.29) is 30.8 Å². The summed E-state index contributed by atoms with van der Waals surface area (Å²) in [5, 5.41) is 0. The number of carbonyl (C=O) groups is 1. The van der Waals surface area contributed by atoms with E-state index < -0.39 is 17.8 Å². The minimum absolute atomic E-state index is 0. The summed E-state index contributed by atoms with van der Waals surface area (Å²) >= 11 is 0. The van der Waals surface area contributed by atoms with E-state index in [1.165, 1.54) is 12.1 Å². The lowest BCUT2D eigenvalue weighted by Crippen LogP contribution is -2.34. The number of carbonyl (C=O) groups excluding carboxylic acids is 1. The molecule has 1 fully saturated rings. The minimum Gasteiger partial charge on any atom is -0.335 e. The number of rotatable bonds is 6. The normalized spacial score (nSPS) is 15.0. The van der Waals surface area contributed by atoms with Gasteiger partial charge in [0.1, 0.15) is 0 Å². The van der Waals surface area contributed by atoms with E-state index >= 15 is 0 Å². The molecule has 1 amide bonds. The molecule has 7 heteroatoms. The Morgan fingerprint density at radius 3 is 2.19 bits per heavy atom. The van der Waals surface area contributed by atoms with Crippen molar-refractivity contribution in [1.29, 1.82) is 0 Å². The maximum atomic E-state index is 12.7. The standard InChI is InChI=1S/C20H21F3N2O.ClH/c21-20(22,23)16-8-6-14(7-9-16)13-25(17-10-11-17)19(26)12-18(24)15-4-2-1-3-5-15;/h1-9,17-18H,10-13,24H2;1H. The molecule has 2 aromatic carbocycles. The first-order chi connectivity index (χ1) is 12.3.